The molecule has 3 rings (SSSR count). The number of benzene rings is 1. The second-order valence-electron chi connectivity index (χ2n) is 6.13. The van der Waals surface area contributed by atoms with Crippen LogP contribution in [0.3, 0.4) is 0 Å². The molecule has 1 aliphatic rings. The molecule has 8 heteroatoms. The predicted molar refractivity (Wildman–Crippen MR) is 99.4 cm³/mol. The summed E-state index contributed by atoms with van der Waals surface area (Å²) in [6, 6.07) is 9.16. The van der Waals surface area contributed by atoms with E-state index in [2.05, 4.69) is 10.4 Å². The summed E-state index contributed by atoms with van der Waals surface area (Å²) in [6.45, 7) is 2.15. The van der Waals surface area contributed by atoms with Gasteiger partial charge in [-0.25, -0.2) is 4.68 Å². The molecule has 0 aliphatic carbocycles. The van der Waals surface area contributed by atoms with Crippen LogP contribution in [0.2, 0.25) is 5.02 Å². The molecule has 1 aromatic carbocycles. The molecule has 1 unspecified atom stereocenters. The number of hydrogen-bond donors (Lipinski definition) is 1. The maximum Gasteiger partial charge on any atom is 0.287 e. The first-order valence-corrected chi connectivity index (χ1v) is 8.83. The van der Waals surface area contributed by atoms with Crippen LogP contribution in [0.5, 0.6) is 0 Å². The molecule has 138 valence electrons. The quantitative estimate of drug-likeness (QED) is 0.851. The zero-order chi connectivity index (χ0) is 18.5. The van der Waals surface area contributed by atoms with Gasteiger partial charge < -0.3 is 15.0 Å². The number of aryl methyl sites for hydroxylation is 1. The Labute approximate surface area is 156 Å². The van der Waals surface area contributed by atoms with Gasteiger partial charge in [-0.3, -0.25) is 9.59 Å². The Kier molecular flexibility index (Phi) is 5.90. The lowest BCUT2D eigenvalue weighted by atomic mass is 10.0. The lowest BCUT2D eigenvalue weighted by Gasteiger charge is -2.31. The van der Waals surface area contributed by atoms with Crippen molar-refractivity contribution in [1.29, 1.82) is 0 Å². The third kappa shape index (κ3) is 4.23. The van der Waals surface area contributed by atoms with E-state index in [1.807, 2.05) is 30.3 Å². The minimum atomic E-state index is -0.554. The number of carbonyl (C=O) groups excluding carboxylic acids is 1. The average molecular weight is 377 g/mol. The van der Waals surface area contributed by atoms with Crippen LogP contribution >= 0.6 is 11.6 Å². The average Bonchev–Trinajstić information content (AvgIpc) is 2.68. The van der Waals surface area contributed by atoms with Gasteiger partial charge in [0, 0.05) is 26.6 Å². The fourth-order valence-corrected chi connectivity index (χ4v) is 3.08. The second-order valence-corrected chi connectivity index (χ2v) is 6.50. The molecule has 2 aromatic rings. The van der Waals surface area contributed by atoms with Crippen LogP contribution in [0, 0.1) is 0 Å². The van der Waals surface area contributed by atoms with Gasteiger partial charge >= 0.3 is 0 Å². The van der Waals surface area contributed by atoms with Crippen LogP contribution in [-0.4, -0.2) is 52.9 Å². The normalized spacial score (nSPS) is 15.5. The highest BCUT2D eigenvalue weighted by Crippen LogP contribution is 2.19. The standard InChI is InChI=1S/C18H21ClN4O3/c1-22-18(25)16(19)15(12-20-22)21-14(11-13-5-3-2-4-6-13)17(24)23-7-9-26-10-8-23/h2-6,12,14,21H,7-11H2,1H3. The Bertz CT molecular complexity index is 819. The summed E-state index contributed by atoms with van der Waals surface area (Å²) in [5.74, 6) is -0.0473. The molecule has 1 saturated heterocycles. The summed E-state index contributed by atoms with van der Waals surface area (Å²) in [7, 11) is 1.53. The van der Waals surface area contributed by atoms with Crippen LogP contribution in [-0.2, 0) is 23.0 Å². The summed E-state index contributed by atoms with van der Waals surface area (Å²) >= 11 is 6.16. The van der Waals surface area contributed by atoms with Crippen LogP contribution in [0.25, 0.3) is 0 Å². The van der Waals surface area contributed by atoms with Gasteiger partial charge in [0.25, 0.3) is 5.56 Å². The largest absolute Gasteiger partial charge is 0.378 e. The number of nitrogens with zero attached hydrogens (tertiary/aromatic N) is 3. The molecule has 0 bridgehead atoms. The van der Waals surface area contributed by atoms with Gasteiger partial charge in [-0.2, -0.15) is 5.10 Å². The number of nitrogens with one attached hydrogen (secondary N) is 1. The lowest BCUT2D eigenvalue weighted by Crippen LogP contribution is -2.49. The second kappa shape index (κ2) is 8.33. The molecule has 1 N–H and O–H groups in total. The number of anilines is 1. The van der Waals surface area contributed by atoms with E-state index in [-0.39, 0.29) is 10.9 Å². The maximum atomic E-state index is 13.0. The summed E-state index contributed by atoms with van der Waals surface area (Å²) in [6.07, 6.45) is 1.94. The zero-order valence-electron chi connectivity index (χ0n) is 14.5. The van der Waals surface area contributed by atoms with Gasteiger partial charge in [0.1, 0.15) is 11.1 Å². The summed E-state index contributed by atoms with van der Waals surface area (Å²) < 4.78 is 6.48. The number of ether oxygens (including phenoxy) is 1. The highest BCUT2D eigenvalue weighted by Gasteiger charge is 2.27. The Balaban J connectivity index is 1.86. The Morgan fingerprint density at radius 2 is 2.00 bits per heavy atom. The van der Waals surface area contributed by atoms with E-state index >= 15 is 0 Å². The molecule has 1 fully saturated rings. The first-order valence-electron chi connectivity index (χ1n) is 8.45. The van der Waals surface area contributed by atoms with Gasteiger partial charge in [-0.05, 0) is 5.56 Å². The van der Waals surface area contributed by atoms with Crippen molar-refractivity contribution < 1.29 is 9.53 Å². The molecule has 0 saturated carbocycles. The molecule has 7 nitrogen and oxygen atoms in total. The number of rotatable bonds is 5. The van der Waals surface area contributed by atoms with Crippen molar-refractivity contribution in [2.45, 2.75) is 12.5 Å². The molecular weight excluding hydrogens is 356 g/mol. The Morgan fingerprint density at radius 1 is 1.31 bits per heavy atom. The minimum absolute atomic E-state index is 0.0235. The van der Waals surface area contributed by atoms with Crippen molar-refractivity contribution in [3.8, 4) is 0 Å². The van der Waals surface area contributed by atoms with E-state index in [1.54, 1.807) is 4.90 Å². The third-order valence-corrected chi connectivity index (χ3v) is 4.68. The summed E-state index contributed by atoms with van der Waals surface area (Å²) in [4.78, 5) is 26.8. The first-order chi connectivity index (χ1) is 12.6. The number of hydrogen-bond acceptors (Lipinski definition) is 5. The summed E-state index contributed by atoms with van der Waals surface area (Å²) in [5.41, 5.74) is 0.964. The first kappa shape index (κ1) is 18.4. The predicted octanol–water partition coefficient (Wildman–Crippen LogP) is 1.32. The molecule has 1 aliphatic heterocycles. The van der Waals surface area contributed by atoms with Crippen molar-refractivity contribution in [3.05, 3.63) is 57.5 Å². The van der Waals surface area contributed by atoms with E-state index in [4.69, 9.17) is 16.3 Å². The smallest absolute Gasteiger partial charge is 0.287 e. The Hall–Kier alpha value is -2.38. The van der Waals surface area contributed by atoms with Gasteiger partial charge in [0.15, 0.2) is 0 Å². The van der Waals surface area contributed by atoms with Gasteiger partial charge in [-0.1, -0.05) is 41.9 Å². The number of halogens is 1. The topological polar surface area (TPSA) is 76.5 Å². The van der Waals surface area contributed by atoms with E-state index in [1.165, 1.54) is 13.2 Å². The van der Waals surface area contributed by atoms with Crippen LogP contribution in [0.1, 0.15) is 5.56 Å². The highest BCUT2D eigenvalue weighted by atomic mass is 35.5. The van der Waals surface area contributed by atoms with Gasteiger partial charge in [0.05, 0.1) is 25.1 Å². The van der Waals surface area contributed by atoms with Crippen molar-refractivity contribution >= 4 is 23.2 Å². The molecule has 26 heavy (non-hydrogen) atoms. The van der Waals surface area contributed by atoms with E-state index in [9.17, 15) is 9.59 Å². The maximum absolute atomic E-state index is 13.0. The fraction of sp³-hybridized carbons (Fsp3) is 0.389. The fourth-order valence-electron chi connectivity index (χ4n) is 2.85. The number of morpholine rings is 1. The lowest BCUT2D eigenvalue weighted by molar-refractivity contribution is -0.136. The zero-order valence-corrected chi connectivity index (χ0v) is 15.3. The molecule has 0 spiro atoms. The molecular formula is C18H21ClN4O3. The number of carbonyl (C=O) groups is 1. The van der Waals surface area contributed by atoms with E-state index < -0.39 is 11.6 Å². The summed E-state index contributed by atoms with van der Waals surface area (Å²) in [5, 5.41) is 7.13. The minimum Gasteiger partial charge on any atom is -0.378 e. The molecule has 1 amide bonds. The highest BCUT2D eigenvalue weighted by molar-refractivity contribution is 6.33. The van der Waals surface area contributed by atoms with Gasteiger partial charge in [-0.15, -0.1) is 0 Å². The third-order valence-electron chi connectivity index (χ3n) is 4.31. The van der Waals surface area contributed by atoms with Crippen LogP contribution in [0.4, 0.5) is 5.69 Å². The van der Waals surface area contributed by atoms with Crippen molar-refractivity contribution in [2.75, 3.05) is 31.6 Å². The molecule has 1 aromatic heterocycles. The van der Waals surface area contributed by atoms with Gasteiger partial charge in [0.2, 0.25) is 5.91 Å². The van der Waals surface area contributed by atoms with Crippen LogP contribution in [0.15, 0.2) is 41.3 Å². The van der Waals surface area contributed by atoms with Crippen molar-refractivity contribution in [3.63, 3.8) is 0 Å². The van der Waals surface area contributed by atoms with Crippen LogP contribution < -0.4 is 10.9 Å². The van der Waals surface area contributed by atoms with E-state index in [0.717, 1.165) is 10.2 Å². The van der Waals surface area contributed by atoms with Crippen molar-refractivity contribution in [2.24, 2.45) is 7.05 Å². The number of aromatic nitrogens is 2. The van der Waals surface area contributed by atoms with Crippen molar-refractivity contribution in [1.82, 2.24) is 14.7 Å². The molecule has 0 radical (unpaired) electrons. The molecule has 2 heterocycles. The monoisotopic (exact) mass is 376 g/mol. The number of amides is 1. The molecule has 1 atom stereocenters. The SMILES string of the molecule is Cn1ncc(NC(Cc2ccccc2)C(=O)N2CCOCC2)c(Cl)c1=O. The van der Waals surface area contributed by atoms with E-state index in [0.29, 0.717) is 38.4 Å². The Morgan fingerprint density at radius 3 is 2.69 bits per heavy atom.